The Morgan fingerprint density at radius 3 is 2.67 bits per heavy atom. The number of halogens is 2. The molecule has 4 nitrogen and oxygen atoms in total. The molecule has 130 valence electrons. The van der Waals surface area contributed by atoms with E-state index < -0.39 is 10.0 Å². The van der Waals surface area contributed by atoms with Crippen LogP contribution in [-0.2, 0) is 16.6 Å². The van der Waals surface area contributed by atoms with Crippen molar-refractivity contribution in [3.63, 3.8) is 0 Å². The van der Waals surface area contributed by atoms with Crippen molar-refractivity contribution in [2.45, 2.75) is 17.2 Å². The number of sulfonamides is 1. The van der Waals surface area contributed by atoms with Crippen molar-refractivity contribution >= 4 is 33.0 Å². The summed E-state index contributed by atoms with van der Waals surface area (Å²) in [5, 5.41) is 0. The first-order valence-electron chi connectivity index (χ1n) is 7.67. The molecule has 1 fully saturated rings. The van der Waals surface area contributed by atoms with Gasteiger partial charge in [-0.15, -0.1) is 11.3 Å². The molecule has 0 amide bonds. The molecule has 24 heavy (non-hydrogen) atoms. The van der Waals surface area contributed by atoms with E-state index in [4.69, 9.17) is 11.6 Å². The van der Waals surface area contributed by atoms with Crippen molar-refractivity contribution in [2.24, 2.45) is 0 Å². The molecule has 0 spiro atoms. The summed E-state index contributed by atoms with van der Waals surface area (Å²) in [6, 6.07) is 9.68. The molecule has 0 radical (unpaired) electrons. The maximum Gasteiger partial charge on any atom is 0.252 e. The Morgan fingerprint density at radius 2 is 1.96 bits per heavy atom. The Bertz CT molecular complexity index is 810. The SMILES string of the molecule is O=S(=O)(c1ccc(Cl)s1)N1CCCN(Cc2cccc(F)c2)CC1. The minimum Gasteiger partial charge on any atom is -0.298 e. The molecule has 3 rings (SSSR count). The Hall–Kier alpha value is -0.990. The molecule has 1 aromatic carbocycles. The summed E-state index contributed by atoms with van der Waals surface area (Å²) in [4.78, 5) is 2.16. The van der Waals surface area contributed by atoms with E-state index in [1.54, 1.807) is 18.2 Å². The zero-order chi connectivity index (χ0) is 17.2. The first-order valence-corrected chi connectivity index (χ1v) is 10.3. The van der Waals surface area contributed by atoms with Gasteiger partial charge in [-0.2, -0.15) is 4.31 Å². The van der Waals surface area contributed by atoms with E-state index in [9.17, 15) is 12.8 Å². The highest BCUT2D eigenvalue weighted by molar-refractivity contribution is 7.91. The number of thiophene rings is 1. The van der Waals surface area contributed by atoms with Crippen LogP contribution in [0.4, 0.5) is 4.39 Å². The minimum atomic E-state index is -3.49. The molecule has 0 bridgehead atoms. The summed E-state index contributed by atoms with van der Waals surface area (Å²) >= 11 is 6.94. The quantitative estimate of drug-likeness (QED) is 0.805. The molecule has 0 aliphatic carbocycles. The van der Waals surface area contributed by atoms with Gasteiger partial charge in [0.15, 0.2) is 0 Å². The molecule has 1 aliphatic rings. The molecule has 8 heteroatoms. The van der Waals surface area contributed by atoms with Crippen LogP contribution >= 0.6 is 22.9 Å². The molecule has 2 heterocycles. The summed E-state index contributed by atoms with van der Waals surface area (Å²) in [6.45, 7) is 2.93. The monoisotopic (exact) mass is 388 g/mol. The summed E-state index contributed by atoms with van der Waals surface area (Å²) < 4.78 is 40.9. The highest BCUT2D eigenvalue weighted by Crippen LogP contribution is 2.28. The van der Waals surface area contributed by atoms with Crippen LogP contribution in [0.25, 0.3) is 0 Å². The molecule has 1 aliphatic heterocycles. The second kappa shape index (κ2) is 7.49. The first kappa shape index (κ1) is 17.8. The van der Waals surface area contributed by atoms with Crippen LogP contribution < -0.4 is 0 Å². The molecule has 0 saturated carbocycles. The van der Waals surface area contributed by atoms with Gasteiger partial charge in [0.25, 0.3) is 10.0 Å². The Morgan fingerprint density at radius 1 is 1.12 bits per heavy atom. The van der Waals surface area contributed by atoms with Crippen LogP contribution in [0.1, 0.15) is 12.0 Å². The third-order valence-corrected chi connectivity index (χ3v) is 7.58. The minimum absolute atomic E-state index is 0.249. The van der Waals surface area contributed by atoms with Crippen LogP contribution in [0, 0.1) is 5.82 Å². The van der Waals surface area contributed by atoms with Crippen molar-refractivity contribution in [1.29, 1.82) is 0 Å². The standard InChI is InChI=1S/C16H18ClFN2O2S2/c17-15-5-6-16(23-15)24(21,22)20-8-2-7-19(9-10-20)12-13-3-1-4-14(18)11-13/h1,3-6,11H,2,7-10,12H2. The predicted octanol–water partition coefficient (Wildman–Crippen LogP) is 3.44. The Labute approximate surface area is 150 Å². The lowest BCUT2D eigenvalue weighted by Crippen LogP contribution is -2.34. The van der Waals surface area contributed by atoms with E-state index >= 15 is 0 Å². The van der Waals surface area contributed by atoms with Gasteiger partial charge in [0.1, 0.15) is 10.0 Å². The smallest absolute Gasteiger partial charge is 0.252 e. The van der Waals surface area contributed by atoms with Crippen LogP contribution in [0.5, 0.6) is 0 Å². The van der Waals surface area contributed by atoms with Crippen LogP contribution in [-0.4, -0.2) is 43.8 Å². The molecular formula is C16H18ClFN2O2S2. The molecule has 0 atom stereocenters. The van der Waals surface area contributed by atoms with Gasteiger partial charge in [0.2, 0.25) is 0 Å². The number of benzene rings is 1. The van der Waals surface area contributed by atoms with Gasteiger partial charge in [-0.05, 0) is 42.8 Å². The molecule has 1 aromatic heterocycles. The zero-order valence-corrected chi connectivity index (χ0v) is 15.4. The lowest BCUT2D eigenvalue weighted by molar-refractivity contribution is 0.278. The highest BCUT2D eigenvalue weighted by atomic mass is 35.5. The van der Waals surface area contributed by atoms with Gasteiger partial charge in [0.05, 0.1) is 4.34 Å². The third kappa shape index (κ3) is 4.15. The van der Waals surface area contributed by atoms with Gasteiger partial charge in [-0.25, -0.2) is 12.8 Å². The maximum absolute atomic E-state index is 13.3. The maximum atomic E-state index is 13.3. The average molecular weight is 389 g/mol. The topological polar surface area (TPSA) is 40.6 Å². The van der Waals surface area contributed by atoms with Gasteiger partial charge in [0, 0.05) is 26.2 Å². The molecular weight excluding hydrogens is 371 g/mol. The van der Waals surface area contributed by atoms with E-state index in [1.807, 2.05) is 6.07 Å². The van der Waals surface area contributed by atoms with E-state index in [-0.39, 0.29) is 10.0 Å². The van der Waals surface area contributed by atoms with Crippen LogP contribution in [0.15, 0.2) is 40.6 Å². The third-order valence-electron chi connectivity index (χ3n) is 3.99. The molecule has 0 N–H and O–H groups in total. The van der Waals surface area contributed by atoms with Gasteiger partial charge in [-0.1, -0.05) is 23.7 Å². The lowest BCUT2D eigenvalue weighted by Gasteiger charge is -2.21. The van der Waals surface area contributed by atoms with E-state index in [1.165, 1.54) is 16.4 Å². The summed E-state index contributed by atoms with van der Waals surface area (Å²) in [5.41, 5.74) is 0.899. The number of hydrogen-bond donors (Lipinski definition) is 0. The van der Waals surface area contributed by atoms with Gasteiger partial charge in [-0.3, -0.25) is 4.90 Å². The van der Waals surface area contributed by atoms with Gasteiger partial charge >= 0.3 is 0 Å². The Kier molecular flexibility index (Phi) is 5.56. The summed E-state index contributed by atoms with van der Waals surface area (Å²) in [5.74, 6) is -0.249. The van der Waals surface area contributed by atoms with Crippen molar-refractivity contribution in [3.05, 3.63) is 52.1 Å². The zero-order valence-electron chi connectivity index (χ0n) is 13.0. The molecule has 1 saturated heterocycles. The van der Waals surface area contributed by atoms with E-state index in [2.05, 4.69) is 4.90 Å². The average Bonchev–Trinajstić information content (AvgIpc) is 2.84. The fraction of sp³-hybridized carbons (Fsp3) is 0.375. The van der Waals surface area contributed by atoms with Crippen molar-refractivity contribution in [1.82, 2.24) is 9.21 Å². The number of rotatable bonds is 4. The first-order chi connectivity index (χ1) is 11.4. The van der Waals surface area contributed by atoms with Crippen molar-refractivity contribution < 1.29 is 12.8 Å². The van der Waals surface area contributed by atoms with Crippen LogP contribution in [0.3, 0.4) is 0 Å². The number of nitrogens with zero attached hydrogens (tertiary/aromatic N) is 2. The molecule has 0 unspecified atom stereocenters. The lowest BCUT2D eigenvalue weighted by atomic mass is 10.2. The van der Waals surface area contributed by atoms with Crippen molar-refractivity contribution in [2.75, 3.05) is 26.2 Å². The highest BCUT2D eigenvalue weighted by Gasteiger charge is 2.28. The van der Waals surface area contributed by atoms with E-state index in [0.29, 0.717) is 30.5 Å². The Balaban J connectivity index is 1.67. The van der Waals surface area contributed by atoms with Crippen LogP contribution in [0.2, 0.25) is 4.34 Å². The second-order valence-electron chi connectivity index (χ2n) is 5.72. The number of hydrogen-bond acceptors (Lipinski definition) is 4. The van der Waals surface area contributed by atoms with E-state index in [0.717, 1.165) is 29.9 Å². The van der Waals surface area contributed by atoms with Gasteiger partial charge < -0.3 is 0 Å². The second-order valence-corrected chi connectivity index (χ2v) is 9.60. The fourth-order valence-electron chi connectivity index (χ4n) is 2.80. The molecule has 2 aromatic rings. The van der Waals surface area contributed by atoms with Crippen molar-refractivity contribution in [3.8, 4) is 0 Å². The predicted molar refractivity (Wildman–Crippen MR) is 94.4 cm³/mol. The largest absolute Gasteiger partial charge is 0.298 e. The normalized spacial score (nSPS) is 17.8. The fourth-order valence-corrected chi connectivity index (χ4v) is 5.91. The summed E-state index contributed by atoms with van der Waals surface area (Å²) in [7, 11) is -3.49. The summed E-state index contributed by atoms with van der Waals surface area (Å²) in [6.07, 6.45) is 0.744.